The van der Waals surface area contributed by atoms with Crippen molar-refractivity contribution >= 4 is 23.3 Å². The van der Waals surface area contributed by atoms with Gasteiger partial charge in [0.1, 0.15) is 0 Å². The SMILES string of the molecule is CN1CCN(C(=O)CCNC(=O)Nc2ccc([N+](=O)[O-])cc2)CC1. The number of nitro benzene ring substituents is 1. The van der Waals surface area contributed by atoms with Gasteiger partial charge in [-0.25, -0.2) is 4.79 Å². The molecule has 1 heterocycles. The lowest BCUT2D eigenvalue weighted by Crippen LogP contribution is -2.47. The average Bonchev–Trinajstić information content (AvgIpc) is 2.55. The van der Waals surface area contributed by atoms with E-state index in [0.29, 0.717) is 18.8 Å². The number of piperazine rings is 1. The molecule has 1 aromatic carbocycles. The van der Waals surface area contributed by atoms with Crippen LogP contribution in [-0.2, 0) is 4.79 Å². The van der Waals surface area contributed by atoms with Gasteiger partial charge in [-0.2, -0.15) is 0 Å². The van der Waals surface area contributed by atoms with E-state index in [4.69, 9.17) is 0 Å². The number of non-ortho nitro benzene ring substituents is 1. The van der Waals surface area contributed by atoms with Gasteiger partial charge < -0.3 is 20.4 Å². The fourth-order valence-electron chi connectivity index (χ4n) is 2.34. The second-order valence-electron chi connectivity index (χ2n) is 5.62. The Labute approximate surface area is 139 Å². The Kier molecular flexibility index (Phi) is 6.07. The zero-order valence-electron chi connectivity index (χ0n) is 13.5. The molecule has 2 N–H and O–H groups in total. The average molecular weight is 335 g/mol. The van der Waals surface area contributed by atoms with Gasteiger partial charge in [-0.3, -0.25) is 14.9 Å². The Morgan fingerprint density at radius 2 is 1.79 bits per heavy atom. The van der Waals surface area contributed by atoms with Gasteiger partial charge in [0.25, 0.3) is 5.69 Å². The van der Waals surface area contributed by atoms with Gasteiger partial charge in [0.15, 0.2) is 0 Å². The highest BCUT2D eigenvalue weighted by Crippen LogP contribution is 2.15. The molecule has 1 aliphatic heterocycles. The van der Waals surface area contributed by atoms with Gasteiger partial charge in [0, 0.05) is 57.0 Å². The molecule has 24 heavy (non-hydrogen) atoms. The summed E-state index contributed by atoms with van der Waals surface area (Å²) >= 11 is 0. The molecule has 130 valence electrons. The van der Waals surface area contributed by atoms with E-state index in [9.17, 15) is 19.7 Å². The fourth-order valence-corrected chi connectivity index (χ4v) is 2.34. The van der Waals surface area contributed by atoms with E-state index in [-0.39, 0.29) is 24.6 Å². The summed E-state index contributed by atoms with van der Waals surface area (Å²) in [4.78, 5) is 37.8. The third-order valence-electron chi connectivity index (χ3n) is 3.82. The van der Waals surface area contributed by atoms with Crippen LogP contribution in [0.4, 0.5) is 16.2 Å². The van der Waals surface area contributed by atoms with Crippen LogP contribution in [0.5, 0.6) is 0 Å². The summed E-state index contributed by atoms with van der Waals surface area (Å²) in [5.74, 6) is 0.0266. The number of carbonyl (C=O) groups is 2. The molecule has 3 amide bonds. The zero-order chi connectivity index (χ0) is 17.5. The summed E-state index contributed by atoms with van der Waals surface area (Å²) in [6.45, 7) is 3.39. The molecule has 9 nitrogen and oxygen atoms in total. The minimum Gasteiger partial charge on any atom is -0.340 e. The standard InChI is InChI=1S/C15H21N5O4/c1-18-8-10-19(11-9-18)14(21)6-7-16-15(22)17-12-2-4-13(5-3-12)20(23)24/h2-5H,6-11H2,1H3,(H2,16,17,22). The van der Waals surface area contributed by atoms with Gasteiger partial charge in [0.05, 0.1) is 4.92 Å². The van der Waals surface area contributed by atoms with Gasteiger partial charge in [-0.15, -0.1) is 0 Å². The van der Waals surface area contributed by atoms with Crippen LogP contribution in [0.3, 0.4) is 0 Å². The Balaban J connectivity index is 1.69. The van der Waals surface area contributed by atoms with Crippen molar-refractivity contribution in [3.8, 4) is 0 Å². The largest absolute Gasteiger partial charge is 0.340 e. The monoisotopic (exact) mass is 335 g/mol. The van der Waals surface area contributed by atoms with E-state index >= 15 is 0 Å². The van der Waals surface area contributed by atoms with Crippen molar-refractivity contribution in [1.82, 2.24) is 15.1 Å². The molecule has 0 spiro atoms. The highest BCUT2D eigenvalue weighted by molar-refractivity contribution is 5.89. The highest BCUT2D eigenvalue weighted by atomic mass is 16.6. The first-order valence-corrected chi connectivity index (χ1v) is 7.71. The Morgan fingerprint density at radius 1 is 1.17 bits per heavy atom. The molecule has 1 aromatic rings. The third-order valence-corrected chi connectivity index (χ3v) is 3.82. The fraction of sp³-hybridized carbons (Fsp3) is 0.467. The lowest BCUT2D eigenvalue weighted by atomic mass is 10.3. The van der Waals surface area contributed by atoms with E-state index in [2.05, 4.69) is 15.5 Å². The van der Waals surface area contributed by atoms with Crippen LogP contribution in [-0.4, -0.2) is 66.4 Å². The third kappa shape index (κ3) is 5.20. The molecular weight excluding hydrogens is 314 g/mol. The molecule has 2 rings (SSSR count). The summed E-state index contributed by atoms with van der Waals surface area (Å²) in [5.41, 5.74) is 0.405. The second kappa shape index (κ2) is 8.25. The molecule has 0 aromatic heterocycles. The first-order chi connectivity index (χ1) is 11.5. The van der Waals surface area contributed by atoms with Crippen molar-refractivity contribution < 1.29 is 14.5 Å². The molecule has 0 aliphatic carbocycles. The van der Waals surface area contributed by atoms with Gasteiger partial charge in [0.2, 0.25) is 5.91 Å². The Morgan fingerprint density at radius 3 is 2.38 bits per heavy atom. The van der Waals surface area contributed by atoms with E-state index in [0.717, 1.165) is 13.1 Å². The van der Waals surface area contributed by atoms with Crippen LogP contribution in [0.15, 0.2) is 24.3 Å². The molecule has 0 atom stereocenters. The number of hydrogen-bond donors (Lipinski definition) is 2. The van der Waals surface area contributed by atoms with E-state index in [1.54, 1.807) is 4.90 Å². The number of nitro groups is 1. The van der Waals surface area contributed by atoms with E-state index in [1.807, 2.05) is 7.05 Å². The first-order valence-electron chi connectivity index (χ1n) is 7.71. The number of anilines is 1. The van der Waals surface area contributed by atoms with Crippen molar-refractivity contribution in [3.63, 3.8) is 0 Å². The van der Waals surface area contributed by atoms with Crippen LogP contribution < -0.4 is 10.6 Å². The van der Waals surface area contributed by atoms with E-state index < -0.39 is 11.0 Å². The van der Waals surface area contributed by atoms with Crippen LogP contribution in [0.1, 0.15) is 6.42 Å². The van der Waals surface area contributed by atoms with Crippen molar-refractivity contribution in [2.45, 2.75) is 6.42 Å². The summed E-state index contributed by atoms with van der Waals surface area (Å²) in [6.07, 6.45) is 0.247. The van der Waals surface area contributed by atoms with Crippen molar-refractivity contribution in [1.29, 1.82) is 0 Å². The molecule has 1 saturated heterocycles. The summed E-state index contributed by atoms with van der Waals surface area (Å²) in [7, 11) is 2.02. The Hall–Kier alpha value is -2.68. The molecule has 0 bridgehead atoms. The number of amides is 3. The topological polar surface area (TPSA) is 108 Å². The molecule has 0 unspecified atom stereocenters. The Bertz CT molecular complexity index is 596. The lowest BCUT2D eigenvalue weighted by Gasteiger charge is -2.32. The molecule has 0 saturated carbocycles. The van der Waals surface area contributed by atoms with Crippen molar-refractivity contribution in [2.75, 3.05) is 45.1 Å². The smallest absolute Gasteiger partial charge is 0.319 e. The van der Waals surface area contributed by atoms with Crippen LogP contribution in [0, 0.1) is 10.1 Å². The molecular formula is C15H21N5O4. The predicted molar refractivity (Wildman–Crippen MR) is 88.8 cm³/mol. The molecule has 9 heteroatoms. The number of hydrogen-bond acceptors (Lipinski definition) is 5. The minimum absolute atomic E-state index is 0.0266. The van der Waals surface area contributed by atoms with Crippen molar-refractivity contribution in [2.24, 2.45) is 0 Å². The number of benzene rings is 1. The number of urea groups is 1. The van der Waals surface area contributed by atoms with Crippen molar-refractivity contribution in [3.05, 3.63) is 34.4 Å². The summed E-state index contributed by atoms with van der Waals surface area (Å²) in [5, 5.41) is 15.7. The van der Waals surface area contributed by atoms with Crippen LogP contribution in [0.2, 0.25) is 0 Å². The molecule has 1 aliphatic rings. The number of nitrogens with one attached hydrogen (secondary N) is 2. The zero-order valence-corrected chi connectivity index (χ0v) is 13.5. The lowest BCUT2D eigenvalue weighted by molar-refractivity contribution is -0.384. The number of carbonyl (C=O) groups excluding carboxylic acids is 2. The summed E-state index contributed by atoms with van der Waals surface area (Å²) in [6, 6.07) is 5.08. The normalized spacial score (nSPS) is 15.0. The molecule has 1 fully saturated rings. The maximum absolute atomic E-state index is 12.0. The van der Waals surface area contributed by atoms with Crippen LogP contribution >= 0.6 is 0 Å². The van der Waals surface area contributed by atoms with Crippen LogP contribution in [0.25, 0.3) is 0 Å². The highest BCUT2D eigenvalue weighted by Gasteiger charge is 2.18. The van der Waals surface area contributed by atoms with Gasteiger partial charge in [-0.1, -0.05) is 0 Å². The first kappa shape index (κ1) is 17.7. The maximum Gasteiger partial charge on any atom is 0.319 e. The minimum atomic E-state index is -0.506. The predicted octanol–water partition coefficient (Wildman–Crippen LogP) is 0.880. The van der Waals surface area contributed by atoms with Gasteiger partial charge >= 0.3 is 6.03 Å². The van der Waals surface area contributed by atoms with E-state index in [1.165, 1.54) is 24.3 Å². The number of likely N-dealkylation sites (N-methyl/N-ethyl adjacent to an activating group) is 1. The van der Waals surface area contributed by atoms with Gasteiger partial charge in [-0.05, 0) is 19.2 Å². The second-order valence-corrected chi connectivity index (χ2v) is 5.62. The quantitative estimate of drug-likeness (QED) is 0.613. The summed E-state index contributed by atoms with van der Waals surface area (Å²) < 4.78 is 0. The number of rotatable bonds is 5. The molecule has 0 radical (unpaired) electrons. The number of nitrogens with zero attached hydrogens (tertiary/aromatic N) is 3. The maximum atomic E-state index is 12.0.